The van der Waals surface area contributed by atoms with Crippen molar-refractivity contribution in [1.82, 2.24) is 0 Å². The fourth-order valence-corrected chi connectivity index (χ4v) is 2.61. The largest absolute Gasteiger partial charge is 0.384 e. The molecule has 1 atom stereocenters. The monoisotopic (exact) mass is 246 g/mol. The average molecular weight is 246 g/mol. The van der Waals surface area contributed by atoms with Gasteiger partial charge in [0.2, 0.25) is 0 Å². The average Bonchev–Trinajstić information content (AvgIpc) is 2.82. The molecule has 0 fully saturated rings. The van der Waals surface area contributed by atoms with E-state index < -0.39 is 6.10 Å². The van der Waals surface area contributed by atoms with Crippen molar-refractivity contribution < 1.29 is 5.11 Å². The number of benzene rings is 1. The van der Waals surface area contributed by atoms with Crippen molar-refractivity contribution in [2.24, 2.45) is 5.92 Å². The first-order valence-electron chi connectivity index (χ1n) is 5.96. The molecule has 1 aromatic heterocycles. The lowest BCUT2D eigenvalue weighted by Gasteiger charge is -2.11. The molecule has 1 unspecified atom stereocenters. The van der Waals surface area contributed by atoms with Gasteiger partial charge in [0.1, 0.15) is 6.10 Å². The number of aliphatic hydroxyl groups excluding tert-OH is 1. The Bertz CT molecular complexity index is 442. The van der Waals surface area contributed by atoms with Gasteiger partial charge in [0, 0.05) is 0 Å². The molecule has 0 aliphatic rings. The topological polar surface area (TPSA) is 20.2 Å². The van der Waals surface area contributed by atoms with E-state index in [1.807, 2.05) is 29.0 Å². The molecule has 0 bridgehead atoms. The Morgan fingerprint density at radius 1 is 1.06 bits per heavy atom. The maximum absolute atomic E-state index is 10.2. The highest BCUT2D eigenvalue weighted by molar-refractivity contribution is 7.07. The number of thiophene rings is 1. The SMILES string of the molecule is CC(C)Cc1ccc(C(O)c2ccsc2)cc1. The molecule has 17 heavy (non-hydrogen) atoms. The van der Waals surface area contributed by atoms with Crippen molar-refractivity contribution in [3.63, 3.8) is 0 Å². The lowest BCUT2D eigenvalue weighted by Crippen LogP contribution is -1.99. The second-order valence-corrected chi connectivity index (χ2v) is 5.58. The Balaban J connectivity index is 2.12. The molecule has 1 nitrogen and oxygen atoms in total. The predicted octanol–water partition coefficient (Wildman–Crippen LogP) is 4.03. The van der Waals surface area contributed by atoms with Crippen molar-refractivity contribution >= 4 is 11.3 Å². The maximum atomic E-state index is 10.2. The minimum Gasteiger partial charge on any atom is -0.384 e. The minimum absolute atomic E-state index is 0.491. The summed E-state index contributed by atoms with van der Waals surface area (Å²) >= 11 is 1.61. The van der Waals surface area contributed by atoms with Crippen LogP contribution in [0.5, 0.6) is 0 Å². The van der Waals surface area contributed by atoms with Gasteiger partial charge >= 0.3 is 0 Å². The van der Waals surface area contributed by atoms with Crippen LogP contribution in [-0.2, 0) is 6.42 Å². The van der Waals surface area contributed by atoms with E-state index in [9.17, 15) is 5.11 Å². The Hall–Kier alpha value is -1.12. The number of hydrogen-bond donors (Lipinski definition) is 1. The summed E-state index contributed by atoms with van der Waals surface area (Å²) in [5.41, 5.74) is 3.28. The second-order valence-electron chi connectivity index (χ2n) is 4.80. The normalized spacial score (nSPS) is 12.9. The fraction of sp³-hybridized carbons (Fsp3) is 0.333. The van der Waals surface area contributed by atoms with Gasteiger partial charge in [-0.2, -0.15) is 11.3 Å². The van der Waals surface area contributed by atoms with Crippen molar-refractivity contribution in [3.8, 4) is 0 Å². The van der Waals surface area contributed by atoms with Crippen LogP contribution < -0.4 is 0 Å². The van der Waals surface area contributed by atoms with E-state index in [-0.39, 0.29) is 0 Å². The summed E-state index contributed by atoms with van der Waals surface area (Å²) < 4.78 is 0. The Morgan fingerprint density at radius 2 is 1.76 bits per heavy atom. The molecule has 2 rings (SSSR count). The molecule has 0 saturated carbocycles. The molecular formula is C15H18OS. The predicted molar refractivity (Wildman–Crippen MR) is 73.4 cm³/mol. The Kier molecular flexibility index (Phi) is 3.97. The molecule has 1 N–H and O–H groups in total. The molecule has 2 heteroatoms. The highest BCUT2D eigenvalue weighted by Crippen LogP contribution is 2.24. The summed E-state index contributed by atoms with van der Waals surface area (Å²) in [6, 6.07) is 10.3. The van der Waals surface area contributed by atoms with Gasteiger partial charge < -0.3 is 5.11 Å². The third-order valence-electron chi connectivity index (χ3n) is 2.80. The van der Waals surface area contributed by atoms with E-state index in [1.165, 1.54) is 5.56 Å². The summed E-state index contributed by atoms with van der Waals surface area (Å²) in [6.45, 7) is 4.43. The molecule has 0 amide bonds. The van der Waals surface area contributed by atoms with Crippen molar-refractivity contribution in [2.45, 2.75) is 26.4 Å². The van der Waals surface area contributed by atoms with Gasteiger partial charge in [-0.25, -0.2) is 0 Å². The Labute approximate surface area is 107 Å². The van der Waals surface area contributed by atoms with Crippen LogP contribution in [0.3, 0.4) is 0 Å². The minimum atomic E-state index is -0.491. The van der Waals surface area contributed by atoms with Crippen molar-refractivity contribution in [1.29, 1.82) is 0 Å². The third-order valence-corrected chi connectivity index (χ3v) is 3.50. The zero-order chi connectivity index (χ0) is 12.3. The van der Waals surface area contributed by atoms with Gasteiger partial charge in [-0.05, 0) is 45.9 Å². The quantitative estimate of drug-likeness (QED) is 0.863. The summed E-state index contributed by atoms with van der Waals surface area (Å²) in [7, 11) is 0. The van der Waals surface area contributed by atoms with Gasteiger partial charge in [0.25, 0.3) is 0 Å². The lowest BCUT2D eigenvalue weighted by atomic mass is 9.99. The van der Waals surface area contributed by atoms with Crippen LogP contribution in [0.15, 0.2) is 41.1 Å². The molecule has 0 aliphatic heterocycles. The van der Waals surface area contributed by atoms with Gasteiger partial charge in [-0.3, -0.25) is 0 Å². The smallest absolute Gasteiger partial charge is 0.105 e. The van der Waals surface area contributed by atoms with Crippen LogP contribution in [0, 0.1) is 5.92 Å². The number of hydrogen-bond acceptors (Lipinski definition) is 2. The lowest BCUT2D eigenvalue weighted by molar-refractivity contribution is 0.221. The third kappa shape index (κ3) is 3.18. The van der Waals surface area contributed by atoms with Gasteiger partial charge in [-0.15, -0.1) is 0 Å². The zero-order valence-electron chi connectivity index (χ0n) is 10.3. The molecule has 0 saturated heterocycles. The van der Waals surface area contributed by atoms with E-state index in [0.29, 0.717) is 5.92 Å². The van der Waals surface area contributed by atoms with E-state index in [1.54, 1.807) is 11.3 Å². The van der Waals surface area contributed by atoms with Gasteiger partial charge in [0.05, 0.1) is 0 Å². The zero-order valence-corrected chi connectivity index (χ0v) is 11.1. The van der Waals surface area contributed by atoms with Crippen LogP contribution in [0.25, 0.3) is 0 Å². The van der Waals surface area contributed by atoms with Gasteiger partial charge in [-0.1, -0.05) is 38.1 Å². The molecule has 0 radical (unpaired) electrons. The molecular weight excluding hydrogens is 228 g/mol. The van der Waals surface area contributed by atoms with Crippen molar-refractivity contribution in [3.05, 3.63) is 57.8 Å². The van der Waals surface area contributed by atoms with E-state index in [4.69, 9.17) is 0 Å². The van der Waals surface area contributed by atoms with Crippen LogP contribution >= 0.6 is 11.3 Å². The highest BCUT2D eigenvalue weighted by Gasteiger charge is 2.10. The van der Waals surface area contributed by atoms with E-state index in [0.717, 1.165) is 17.5 Å². The first kappa shape index (κ1) is 12.3. The summed E-state index contributed by atoms with van der Waals surface area (Å²) in [4.78, 5) is 0. The summed E-state index contributed by atoms with van der Waals surface area (Å²) in [6.07, 6.45) is 0.601. The highest BCUT2D eigenvalue weighted by atomic mass is 32.1. The first-order valence-corrected chi connectivity index (χ1v) is 6.90. The molecule has 2 aromatic rings. The molecule has 0 aliphatic carbocycles. The van der Waals surface area contributed by atoms with Crippen LogP contribution in [0.4, 0.5) is 0 Å². The molecule has 1 aromatic carbocycles. The maximum Gasteiger partial charge on any atom is 0.105 e. The molecule has 0 spiro atoms. The first-order chi connectivity index (χ1) is 8.16. The summed E-state index contributed by atoms with van der Waals surface area (Å²) in [5.74, 6) is 0.669. The number of aliphatic hydroxyl groups is 1. The number of rotatable bonds is 4. The van der Waals surface area contributed by atoms with E-state index >= 15 is 0 Å². The van der Waals surface area contributed by atoms with Crippen molar-refractivity contribution in [2.75, 3.05) is 0 Å². The second kappa shape index (κ2) is 5.48. The standard InChI is InChI=1S/C15H18OS/c1-11(2)9-12-3-5-13(6-4-12)15(16)14-7-8-17-10-14/h3-8,10-11,15-16H,9H2,1-2H3. The van der Waals surface area contributed by atoms with E-state index in [2.05, 4.69) is 26.0 Å². The molecule has 90 valence electrons. The fourth-order valence-electron chi connectivity index (χ4n) is 1.93. The Morgan fingerprint density at radius 3 is 2.29 bits per heavy atom. The van der Waals surface area contributed by atoms with Crippen LogP contribution in [-0.4, -0.2) is 5.11 Å². The van der Waals surface area contributed by atoms with Gasteiger partial charge in [0.15, 0.2) is 0 Å². The van der Waals surface area contributed by atoms with Crippen LogP contribution in [0.2, 0.25) is 0 Å². The molecule has 1 heterocycles. The van der Waals surface area contributed by atoms with Crippen LogP contribution in [0.1, 0.15) is 36.6 Å². The summed E-state index contributed by atoms with van der Waals surface area (Å²) in [5, 5.41) is 14.1.